The molecule has 0 aromatic heterocycles. The first-order valence-electron chi connectivity index (χ1n) is 3.32. The van der Waals surface area contributed by atoms with Crippen LogP contribution in [0.1, 0.15) is 0 Å². The number of amides is 2. The minimum absolute atomic E-state index is 0.633. The number of nitrogens with zero attached hydrogens (tertiary/aromatic N) is 2. The van der Waals surface area contributed by atoms with Crippen LogP contribution in [0, 0.1) is 0 Å². The number of rotatable bonds is 1. The van der Waals surface area contributed by atoms with Crippen LogP contribution in [0.5, 0.6) is 0 Å². The topological polar surface area (TPSA) is 116 Å². The molecule has 1 aliphatic heterocycles. The molecular formula is C4H2F3N3O5S. The van der Waals surface area contributed by atoms with Gasteiger partial charge in [0.05, 0.1) is 0 Å². The number of hydrogen-bond donors (Lipinski definition) is 2. The first kappa shape index (κ1) is 12.4. The molecule has 1 heterocycles. The summed E-state index contributed by atoms with van der Waals surface area (Å²) >= 11 is 0. The fourth-order valence-corrected chi connectivity index (χ4v) is 1.08. The molecule has 0 aromatic rings. The second kappa shape index (κ2) is 3.41. The molecule has 0 unspecified atom stereocenters. The van der Waals surface area contributed by atoms with Crippen LogP contribution in [0.4, 0.5) is 13.2 Å². The monoisotopic (exact) mass is 261 g/mol. The maximum Gasteiger partial charge on any atom is 0.518 e. The van der Waals surface area contributed by atoms with E-state index in [1.54, 1.807) is 0 Å². The van der Waals surface area contributed by atoms with Gasteiger partial charge in [-0.3, -0.25) is 20.1 Å². The van der Waals surface area contributed by atoms with Gasteiger partial charge in [0, 0.05) is 0 Å². The fourth-order valence-electron chi connectivity index (χ4n) is 0.627. The van der Waals surface area contributed by atoms with Crippen LogP contribution in [0.2, 0.25) is 0 Å². The van der Waals surface area contributed by atoms with Crippen molar-refractivity contribution in [3.05, 3.63) is 0 Å². The summed E-state index contributed by atoms with van der Waals surface area (Å²) < 4.78 is 58.4. The number of hydroxylamine groups is 2. The number of nitrogens with one attached hydrogen (secondary N) is 1. The van der Waals surface area contributed by atoms with Gasteiger partial charge in [0.15, 0.2) is 0 Å². The maximum absolute atomic E-state index is 11.8. The van der Waals surface area contributed by atoms with Crippen molar-refractivity contribution in [2.24, 2.45) is 4.40 Å². The Kier molecular flexibility index (Phi) is 2.64. The second-order valence-electron chi connectivity index (χ2n) is 2.41. The Hall–Kier alpha value is -1.69. The molecule has 2 N–H and O–H groups in total. The van der Waals surface area contributed by atoms with Gasteiger partial charge in [-0.25, -0.2) is 0 Å². The van der Waals surface area contributed by atoms with E-state index in [1.165, 1.54) is 5.32 Å². The van der Waals surface area contributed by atoms with E-state index in [2.05, 4.69) is 0 Å². The Labute approximate surface area is 85.4 Å². The summed E-state index contributed by atoms with van der Waals surface area (Å²) in [4.78, 5) is 21.1. The van der Waals surface area contributed by atoms with Crippen LogP contribution < -0.4 is 5.32 Å². The molecule has 2 amide bonds. The maximum atomic E-state index is 11.8. The number of halogens is 3. The predicted octanol–water partition coefficient (Wildman–Crippen LogP) is -1.46. The summed E-state index contributed by atoms with van der Waals surface area (Å²) in [5.41, 5.74) is -5.70. The van der Waals surface area contributed by atoms with Crippen molar-refractivity contribution in [3.63, 3.8) is 0 Å². The quantitative estimate of drug-likeness (QED) is 0.442. The van der Waals surface area contributed by atoms with Gasteiger partial charge in [-0.15, -0.1) is 9.46 Å². The number of carbonyl (C=O) groups excluding carboxylic acids is 2. The molecular weight excluding hydrogens is 259 g/mol. The van der Waals surface area contributed by atoms with Gasteiger partial charge >= 0.3 is 27.3 Å². The van der Waals surface area contributed by atoms with Crippen molar-refractivity contribution in [2.75, 3.05) is 0 Å². The number of alkyl halides is 3. The first-order valence-corrected chi connectivity index (χ1v) is 4.76. The standard InChI is InChI=1S/C4H2F3N3O5S/c5-4(6,7)16(14,15)9-3-8-1(11)2(12)10(3)13/h13H,(H,8,9,11). The third-order valence-corrected chi connectivity index (χ3v) is 2.31. The largest absolute Gasteiger partial charge is 0.518 e. The van der Waals surface area contributed by atoms with E-state index in [1.807, 2.05) is 4.40 Å². The second-order valence-corrected chi connectivity index (χ2v) is 4.00. The van der Waals surface area contributed by atoms with Crippen LogP contribution in [-0.4, -0.2) is 42.0 Å². The Morgan fingerprint density at radius 3 is 2.12 bits per heavy atom. The molecule has 1 rings (SSSR count). The van der Waals surface area contributed by atoms with Crippen molar-refractivity contribution in [1.82, 2.24) is 10.4 Å². The summed E-state index contributed by atoms with van der Waals surface area (Å²) in [5.74, 6) is -4.57. The highest BCUT2D eigenvalue weighted by Gasteiger charge is 2.48. The van der Waals surface area contributed by atoms with Crippen LogP contribution >= 0.6 is 0 Å². The lowest BCUT2D eigenvalue weighted by Gasteiger charge is -2.06. The van der Waals surface area contributed by atoms with E-state index in [0.717, 1.165) is 0 Å². The Morgan fingerprint density at radius 2 is 1.81 bits per heavy atom. The van der Waals surface area contributed by atoms with Gasteiger partial charge in [0.25, 0.3) is 0 Å². The lowest BCUT2D eigenvalue weighted by Crippen LogP contribution is -2.32. The van der Waals surface area contributed by atoms with Crippen molar-refractivity contribution in [1.29, 1.82) is 0 Å². The fraction of sp³-hybridized carbons (Fsp3) is 0.250. The molecule has 0 aliphatic carbocycles. The minimum atomic E-state index is -5.94. The van der Waals surface area contributed by atoms with E-state index in [4.69, 9.17) is 5.21 Å². The van der Waals surface area contributed by atoms with Gasteiger partial charge in [0.2, 0.25) is 5.96 Å². The zero-order valence-corrected chi connectivity index (χ0v) is 7.83. The molecule has 8 nitrogen and oxygen atoms in total. The molecule has 0 spiro atoms. The lowest BCUT2D eigenvalue weighted by atomic mass is 10.6. The van der Waals surface area contributed by atoms with Crippen LogP contribution in [-0.2, 0) is 19.6 Å². The third kappa shape index (κ3) is 1.96. The SMILES string of the molecule is O=C1NC(=NS(=O)(=O)C(F)(F)F)N(O)C1=O. The zero-order chi connectivity index (χ0) is 12.7. The summed E-state index contributed by atoms with van der Waals surface area (Å²) in [6.07, 6.45) is 0. The summed E-state index contributed by atoms with van der Waals surface area (Å²) in [7, 11) is -5.94. The Balaban J connectivity index is 3.14. The van der Waals surface area contributed by atoms with Gasteiger partial charge in [0.1, 0.15) is 0 Å². The number of guanidine groups is 1. The van der Waals surface area contributed by atoms with E-state index in [9.17, 15) is 31.2 Å². The van der Waals surface area contributed by atoms with Gasteiger partial charge < -0.3 is 0 Å². The molecule has 16 heavy (non-hydrogen) atoms. The highest BCUT2D eigenvalue weighted by Crippen LogP contribution is 2.24. The molecule has 0 atom stereocenters. The molecule has 1 fully saturated rings. The summed E-state index contributed by atoms with van der Waals surface area (Å²) in [6.45, 7) is 0. The van der Waals surface area contributed by atoms with Gasteiger partial charge in [-0.2, -0.15) is 21.6 Å². The van der Waals surface area contributed by atoms with Crippen LogP contribution in [0.15, 0.2) is 4.40 Å². The Morgan fingerprint density at radius 1 is 1.31 bits per heavy atom. The molecule has 0 bridgehead atoms. The molecule has 1 aliphatic rings. The van der Waals surface area contributed by atoms with Crippen LogP contribution in [0.25, 0.3) is 0 Å². The van der Waals surface area contributed by atoms with Gasteiger partial charge in [-0.05, 0) is 0 Å². The van der Waals surface area contributed by atoms with Crippen molar-refractivity contribution in [2.45, 2.75) is 5.51 Å². The highest BCUT2D eigenvalue weighted by molar-refractivity contribution is 7.91. The number of sulfonamides is 1. The zero-order valence-electron chi connectivity index (χ0n) is 7.02. The minimum Gasteiger partial charge on any atom is -0.285 e. The smallest absolute Gasteiger partial charge is 0.285 e. The normalized spacial score (nSPS) is 20.5. The molecule has 0 saturated carbocycles. The van der Waals surface area contributed by atoms with Crippen molar-refractivity contribution in [3.8, 4) is 0 Å². The highest BCUT2D eigenvalue weighted by atomic mass is 32.2. The van der Waals surface area contributed by atoms with Gasteiger partial charge in [-0.1, -0.05) is 0 Å². The number of carbonyl (C=O) groups is 2. The van der Waals surface area contributed by atoms with E-state index >= 15 is 0 Å². The van der Waals surface area contributed by atoms with Crippen LogP contribution in [0.3, 0.4) is 0 Å². The number of hydrogen-bond acceptors (Lipinski definition) is 5. The predicted molar refractivity (Wildman–Crippen MR) is 39.2 cm³/mol. The van der Waals surface area contributed by atoms with E-state index < -0.39 is 38.4 Å². The van der Waals surface area contributed by atoms with E-state index in [0.29, 0.717) is 0 Å². The average Bonchev–Trinajstić information content (AvgIpc) is 2.31. The van der Waals surface area contributed by atoms with Crippen molar-refractivity contribution < 1.29 is 36.4 Å². The molecule has 12 heteroatoms. The Bertz CT molecular complexity index is 480. The summed E-state index contributed by atoms with van der Waals surface area (Å²) in [6, 6.07) is 0. The molecule has 1 saturated heterocycles. The third-order valence-electron chi connectivity index (χ3n) is 1.31. The first-order chi connectivity index (χ1) is 7.06. The van der Waals surface area contributed by atoms with E-state index in [-0.39, 0.29) is 0 Å². The summed E-state index contributed by atoms with van der Waals surface area (Å²) in [5, 5.41) is 9.40. The lowest BCUT2D eigenvalue weighted by molar-refractivity contribution is -0.153. The van der Waals surface area contributed by atoms with Crippen molar-refractivity contribution >= 4 is 27.8 Å². The molecule has 0 aromatic carbocycles. The molecule has 90 valence electrons. The average molecular weight is 261 g/mol. The molecule has 0 radical (unpaired) electrons.